The van der Waals surface area contributed by atoms with Gasteiger partial charge in [-0.3, -0.25) is 5.43 Å². The number of nitrogens with one attached hydrogen (secondary N) is 1. The summed E-state index contributed by atoms with van der Waals surface area (Å²) in [5.41, 5.74) is 8.48. The molecule has 0 amide bonds. The van der Waals surface area contributed by atoms with Crippen molar-refractivity contribution in [3.8, 4) is 18.1 Å². The van der Waals surface area contributed by atoms with E-state index >= 15 is 0 Å². The number of para-hydroxylation sites is 1. The molecule has 0 saturated carbocycles. The fraction of sp³-hybridized carbons (Fsp3) is 0.0909. The van der Waals surface area contributed by atoms with Gasteiger partial charge in [0, 0.05) is 5.56 Å². The van der Waals surface area contributed by atoms with Crippen molar-refractivity contribution in [2.24, 2.45) is 10.8 Å². The van der Waals surface area contributed by atoms with Gasteiger partial charge in [-0.2, -0.15) is 5.10 Å². The van der Waals surface area contributed by atoms with Crippen molar-refractivity contribution < 1.29 is 4.74 Å². The number of terminal acetylenes is 1. The van der Waals surface area contributed by atoms with E-state index in [-0.39, 0.29) is 11.7 Å². The highest BCUT2D eigenvalue weighted by Crippen LogP contribution is 2.15. The summed E-state index contributed by atoms with van der Waals surface area (Å²) in [5.74, 6) is 3.06. The minimum Gasteiger partial charge on any atom is -0.480 e. The smallest absolute Gasteiger partial charge is 0.184 e. The van der Waals surface area contributed by atoms with Gasteiger partial charge in [0.25, 0.3) is 0 Å². The van der Waals surface area contributed by atoms with E-state index in [4.69, 9.17) is 16.9 Å². The highest BCUT2D eigenvalue weighted by molar-refractivity contribution is 7.80. The fourth-order valence-corrected chi connectivity index (χ4v) is 1.06. The van der Waals surface area contributed by atoms with Crippen molar-refractivity contribution in [2.45, 2.75) is 0 Å². The van der Waals surface area contributed by atoms with Gasteiger partial charge in [-0.1, -0.05) is 18.1 Å². The van der Waals surface area contributed by atoms with Gasteiger partial charge in [0.15, 0.2) is 5.11 Å². The van der Waals surface area contributed by atoms with Gasteiger partial charge >= 0.3 is 0 Å². The Hall–Kier alpha value is -2.06. The Bertz CT molecular complexity index is 437. The van der Waals surface area contributed by atoms with Crippen LogP contribution in [0.4, 0.5) is 0 Å². The summed E-state index contributed by atoms with van der Waals surface area (Å²) in [5, 5.41) is 3.95. The van der Waals surface area contributed by atoms with E-state index in [0.29, 0.717) is 5.75 Å². The van der Waals surface area contributed by atoms with Crippen LogP contribution in [-0.4, -0.2) is 17.9 Å². The van der Waals surface area contributed by atoms with Crippen molar-refractivity contribution in [2.75, 3.05) is 6.61 Å². The van der Waals surface area contributed by atoms with E-state index < -0.39 is 0 Å². The number of hydrogen-bond donors (Lipinski definition) is 2. The van der Waals surface area contributed by atoms with E-state index in [1.807, 2.05) is 18.2 Å². The zero-order chi connectivity index (χ0) is 11.8. The maximum Gasteiger partial charge on any atom is 0.184 e. The van der Waals surface area contributed by atoms with Crippen LogP contribution in [0.3, 0.4) is 0 Å². The summed E-state index contributed by atoms with van der Waals surface area (Å²) in [6, 6.07) is 7.37. The van der Waals surface area contributed by atoms with Crippen molar-refractivity contribution in [3.63, 3.8) is 0 Å². The number of rotatable bonds is 4. The molecule has 0 atom stereocenters. The topological polar surface area (TPSA) is 59.6 Å². The molecular weight excluding hydrogens is 222 g/mol. The molecule has 0 fully saturated rings. The third-order valence-corrected chi connectivity index (χ3v) is 1.70. The van der Waals surface area contributed by atoms with Gasteiger partial charge in [0.05, 0.1) is 6.21 Å². The van der Waals surface area contributed by atoms with Gasteiger partial charge in [0.2, 0.25) is 0 Å². The Morgan fingerprint density at radius 1 is 1.62 bits per heavy atom. The zero-order valence-electron chi connectivity index (χ0n) is 8.51. The molecule has 1 aromatic rings. The molecule has 0 heterocycles. The Balaban J connectivity index is 2.74. The number of hydrogen-bond acceptors (Lipinski definition) is 3. The van der Waals surface area contributed by atoms with E-state index in [2.05, 4.69) is 28.7 Å². The lowest BCUT2D eigenvalue weighted by Crippen LogP contribution is -2.24. The summed E-state index contributed by atoms with van der Waals surface area (Å²) >= 11 is 4.61. The van der Waals surface area contributed by atoms with Crippen LogP contribution in [-0.2, 0) is 0 Å². The van der Waals surface area contributed by atoms with E-state index in [1.165, 1.54) is 0 Å². The van der Waals surface area contributed by atoms with E-state index in [0.717, 1.165) is 5.56 Å². The molecule has 0 aliphatic rings. The van der Waals surface area contributed by atoms with Gasteiger partial charge < -0.3 is 10.5 Å². The van der Waals surface area contributed by atoms with Crippen LogP contribution in [0.1, 0.15) is 5.56 Å². The summed E-state index contributed by atoms with van der Waals surface area (Å²) in [6.45, 7) is 0.216. The number of benzene rings is 1. The third kappa shape index (κ3) is 3.98. The summed E-state index contributed by atoms with van der Waals surface area (Å²) in [4.78, 5) is 0. The van der Waals surface area contributed by atoms with Gasteiger partial charge in [-0.05, 0) is 24.4 Å². The Morgan fingerprint density at radius 3 is 3.06 bits per heavy atom. The Labute approximate surface area is 99.5 Å². The molecule has 0 radical (unpaired) electrons. The zero-order valence-corrected chi connectivity index (χ0v) is 9.33. The van der Waals surface area contributed by atoms with Crippen LogP contribution in [0.5, 0.6) is 5.75 Å². The lowest BCUT2D eigenvalue weighted by Gasteiger charge is -2.05. The number of ether oxygens (including phenoxy) is 1. The van der Waals surface area contributed by atoms with Crippen molar-refractivity contribution in [1.29, 1.82) is 0 Å². The monoisotopic (exact) mass is 233 g/mol. The molecule has 3 N–H and O–H groups in total. The highest BCUT2D eigenvalue weighted by atomic mass is 32.1. The summed E-state index contributed by atoms with van der Waals surface area (Å²) in [7, 11) is 0. The molecule has 0 aromatic heterocycles. The van der Waals surface area contributed by atoms with Crippen LogP contribution in [0.15, 0.2) is 29.4 Å². The predicted octanol–water partition coefficient (Wildman–Crippen LogP) is 0.866. The maximum atomic E-state index is 5.32. The fourth-order valence-electron chi connectivity index (χ4n) is 1.00. The minimum atomic E-state index is 0.110. The molecule has 82 valence electrons. The molecule has 0 saturated heterocycles. The maximum absolute atomic E-state index is 5.32. The number of nitrogens with zero attached hydrogens (tertiary/aromatic N) is 1. The molecule has 0 aliphatic carbocycles. The highest BCUT2D eigenvalue weighted by Gasteiger charge is 1.98. The van der Waals surface area contributed by atoms with Crippen LogP contribution in [0.25, 0.3) is 0 Å². The number of nitrogens with two attached hydrogens (primary N) is 1. The second-order valence-electron chi connectivity index (χ2n) is 2.76. The second-order valence-corrected chi connectivity index (χ2v) is 3.20. The standard InChI is InChI=1S/C11H11N3OS/c1-2-7-15-10-6-4-3-5-9(10)8-13-14-11(12)16/h1,3-6,8H,7H2,(H3,12,14,16)/b13-8+. The Morgan fingerprint density at radius 2 is 2.38 bits per heavy atom. The number of hydrazone groups is 1. The van der Waals surface area contributed by atoms with Gasteiger partial charge in [-0.15, -0.1) is 6.42 Å². The molecule has 5 heteroatoms. The largest absolute Gasteiger partial charge is 0.480 e. The average molecular weight is 233 g/mol. The average Bonchev–Trinajstić information content (AvgIpc) is 2.27. The second kappa shape index (κ2) is 6.43. The molecule has 0 bridgehead atoms. The van der Waals surface area contributed by atoms with Crippen molar-refractivity contribution in [1.82, 2.24) is 5.43 Å². The SMILES string of the molecule is C#CCOc1ccccc1/C=N/NC(N)=S. The quantitative estimate of drug-likeness (QED) is 0.350. The molecule has 0 spiro atoms. The molecule has 16 heavy (non-hydrogen) atoms. The van der Waals surface area contributed by atoms with E-state index in [9.17, 15) is 0 Å². The lowest BCUT2D eigenvalue weighted by atomic mass is 10.2. The van der Waals surface area contributed by atoms with Gasteiger partial charge in [-0.25, -0.2) is 0 Å². The summed E-state index contributed by atoms with van der Waals surface area (Å²) < 4.78 is 5.32. The summed E-state index contributed by atoms with van der Waals surface area (Å²) in [6.07, 6.45) is 6.67. The Kier molecular flexibility index (Phi) is 4.83. The first-order chi connectivity index (χ1) is 7.74. The van der Waals surface area contributed by atoms with Crippen molar-refractivity contribution in [3.05, 3.63) is 29.8 Å². The van der Waals surface area contributed by atoms with Crippen LogP contribution in [0, 0.1) is 12.3 Å². The van der Waals surface area contributed by atoms with Crippen LogP contribution >= 0.6 is 12.2 Å². The lowest BCUT2D eigenvalue weighted by molar-refractivity contribution is 0.370. The van der Waals surface area contributed by atoms with Crippen LogP contribution < -0.4 is 15.9 Å². The first-order valence-electron chi connectivity index (χ1n) is 4.48. The molecule has 0 unspecified atom stereocenters. The van der Waals surface area contributed by atoms with E-state index in [1.54, 1.807) is 12.3 Å². The van der Waals surface area contributed by atoms with Crippen molar-refractivity contribution >= 4 is 23.5 Å². The molecule has 1 rings (SSSR count). The van der Waals surface area contributed by atoms with Crippen LogP contribution in [0.2, 0.25) is 0 Å². The molecule has 4 nitrogen and oxygen atoms in total. The minimum absolute atomic E-state index is 0.110. The third-order valence-electron chi connectivity index (χ3n) is 1.61. The molecule has 0 aliphatic heterocycles. The predicted molar refractivity (Wildman–Crippen MR) is 68.3 cm³/mol. The first kappa shape index (κ1) is 12.0. The molecular formula is C11H11N3OS. The van der Waals surface area contributed by atoms with Gasteiger partial charge in [0.1, 0.15) is 12.4 Å². The first-order valence-corrected chi connectivity index (χ1v) is 4.88. The molecule has 1 aromatic carbocycles. The number of thiocarbonyl (C=S) groups is 1. The normalized spacial score (nSPS) is 9.69.